The highest BCUT2D eigenvalue weighted by molar-refractivity contribution is 7.00. The first-order chi connectivity index (χ1) is 20.5. The summed E-state index contributed by atoms with van der Waals surface area (Å²) in [5, 5.41) is 4.92. The van der Waals surface area contributed by atoms with Crippen molar-refractivity contribution < 1.29 is 8.85 Å². The Hall–Kier alpha value is -3.03. The van der Waals surface area contributed by atoms with Gasteiger partial charge in [-0.3, -0.25) is 0 Å². The first kappa shape index (κ1) is 31.4. The van der Waals surface area contributed by atoms with Crippen molar-refractivity contribution in [1.29, 1.82) is 0 Å². The first-order valence-corrected chi connectivity index (χ1v) is 19.3. The average molecular weight is 603 g/mol. The zero-order valence-corrected chi connectivity index (χ0v) is 28.6. The maximum absolute atomic E-state index is 7.58. The molecule has 5 rings (SSSR count). The van der Waals surface area contributed by atoms with Crippen molar-refractivity contribution in [2.45, 2.75) is 76.7 Å². The second kappa shape index (κ2) is 12.5. The van der Waals surface area contributed by atoms with Crippen molar-refractivity contribution in [3.05, 3.63) is 140 Å². The van der Waals surface area contributed by atoms with Crippen LogP contribution in [0.15, 0.2) is 133 Å². The highest BCUT2D eigenvalue weighted by atomic mass is 28.4. The summed E-state index contributed by atoms with van der Waals surface area (Å²) in [6.45, 7) is 18.5. The number of benzene rings is 4. The van der Waals surface area contributed by atoms with E-state index in [1.54, 1.807) is 0 Å². The van der Waals surface area contributed by atoms with Crippen LogP contribution in [0.4, 0.5) is 0 Å². The van der Waals surface area contributed by atoms with E-state index in [-0.39, 0.29) is 22.3 Å². The molecule has 222 valence electrons. The molecule has 2 unspecified atom stereocenters. The van der Waals surface area contributed by atoms with E-state index in [4.69, 9.17) is 8.85 Å². The fourth-order valence-corrected chi connectivity index (χ4v) is 16.3. The minimum atomic E-state index is -2.78. The molecule has 0 aliphatic heterocycles. The van der Waals surface area contributed by atoms with Crippen molar-refractivity contribution in [3.8, 4) is 0 Å². The summed E-state index contributed by atoms with van der Waals surface area (Å²) in [7, 11) is -5.50. The number of hydrogen-bond donors (Lipinski definition) is 0. The highest BCUT2D eigenvalue weighted by Crippen LogP contribution is 2.43. The molecule has 43 heavy (non-hydrogen) atoms. The summed E-state index contributed by atoms with van der Waals surface area (Å²) in [6.07, 6.45) is 4.87. The molecule has 0 aromatic heterocycles. The van der Waals surface area contributed by atoms with E-state index in [0.717, 1.165) is 12.0 Å². The van der Waals surface area contributed by atoms with Gasteiger partial charge in [-0.1, -0.05) is 169 Å². The Morgan fingerprint density at radius 1 is 0.558 bits per heavy atom. The summed E-state index contributed by atoms with van der Waals surface area (Å²) in [5.74, 6) is 0. The van der Waals surface area contributed by atoms with Crippen molar-refractivity contribution in [2.75, 3.05) is 0 Å². The molecule has 1 saturated carbocycles. The van der Waals surface area contributed by atoms with Crippen LogP contribution in [-0.2, 0) is 8.85 Å². The Kier molecular flexibility index (Phi) is 9.15. The molecule has 0 heterocycles. The van der Waals surface area contributed by atoms with Crippen LogP contribution in [0.3, 0.4) is 0 Å². The lowest BCUT2D eigenvalue weighted by atomic mass is 9.91. The lowest BCUT2D eigenvalue weighted by Crippen LogP contribution is -2.69. The summed E-state index contributed by atoms with van der Waals surface area (Å²) in [6, 6.07) is 43.5. The van der Waals surface area contributed by atoms with Crippen molar-refractivity contribution >= 4 is 37.4 Å². The summed E-state index contributed by atoms with van der Waals surface area (Å²) >= 11 is 0. The van der Waals surface area contributed by atoms with E-state index in [2.05, 4.69) is 176 Å². The monoisotopic (exact) mass is 602 g/mol. The lowest BCUT2D eigenvalue weighted by Gasteiger charge is -2.49. The van der Waals surface area contributed by atoms with Crippen LogP contribution in [0.25, 0.3) is 0 Å². The molecule has 1 fully saturated rings. The molecule has 2 radical (unpaired) electrons. The fourth-order valence-electron chi connectivity index (χ4n) is 6.88. The molecule has 1 aliphatic rings. The predicted molar refractivity (Wildman–Crippen MR) is 187 cm³/mol. The van der Waals surface area contributed by atoms with Crippen LogP contribution in [0, 0.1) is 6.42 Å². The Morgan fingerprint density at radius 3 is 1.21 bits per heavy atom. The topological polar surface area (TPSA) is 18.5 Å². The van der Waals surface area contributed by atoms with Crippen LogP contribution in [-0.4, -0.2) is 28.8 Å². The molecular formula is C39H46O2Si2. The quantitative estimate of drug-likeness (QED) is 0.197. The van der Waals surface area contributed by atoms with Gasteiger partial charge in [0, 0.05) is 18.9 Å². The normalized spacial score (nSPS) is 18.4. The van der Waals surface area contributed by atoms with Crippen LogP contribution in [0.1, 0.15) is 54.4 Å². The third kappa shape index (κ3) is 6.03. The lowest BCUT2D eigenvalue weighted by molar-refractivity contribution is 0.101. The second-order valence-electron chi connectivity index (χ2n) is 13.8. The van der Waals surface area contributed by atoms with Gasteiger partial charge < -0.3 is 8.85 Å². The SMILES string of the molecule is C=C1[C]CC(O[Si](c2ccccc2)(c2ccccc2)C(C)(C)C)CC1O[Si](c1ccccc1)(c1ccccc1)C(C)(C)C. The van der Waals surface area contributed by atoms with Gasteiger partial charge in [0.05, 0.1) is 6.10 Å². The summed E-state index contributed by atoms with van der Waals surface area (Å²) in [4.78, 5) is 0. The van der Waals surface area contributed by atoms with Gasteiger partial charge >= 0.3 is 0 Å². The Morgan fingerprint density at radius 2 is 0.884 bits per heavy atom. The molecule has 4 aromatic carbocycles. The maximum atomic E-state index is 7.58. The zero-order chi connectivity index (χ0) is 30.7. The third-order valence-corrected chi connectivity index (χ3v) is 19.1. The minimum Gasteiger partial charge on any atom is -0.404 e. The van der Waals surface area contributed by atoms with Crippen molar-refractivity contribution in [1.82, 2.24) is 0 Å². The average Bonchev–Trinajstić information content (AvgIpc) is 3.00. The fraction of sp³-hybridized carbons (Fsp3) is 0.308. The summed E-state index contributed by atoms with van der Waals surface area (Å²) < 4.78 is 15.2. The van der Waals surface area contributed by atoms with E-state index in [0.29, 0.717) is 6.42 Å². The van der Waals surface area contributed by atoms with Gasteiger partial charge in [0.2, 0.25) is 0 Å². The smallest absolute Gasteiger partial charge is 0.261 e. The van der Waals surface area contributed by atoms with E-state index in [1.165, 1.54) is 20.7 Å². The molecule has 0 amide bonds. The van der Waals surface area contributed by atoms with Gasteiger partial charge in [-0.2, -0.15) is 0 Å². The van der Waals surface area contributed by atoms with Crippen molar-refractivity contribution in [3.63, 3.8) is 0 Å². The molecule has 4 aromatic rings. The van der Waals surface area contributed by atoms with Crippen LogP contribution < -0.4 is 20.7 Å². The largest absolute Gasteiger partial charge is 0.404 e. The zero-order valence-electron chi connectivity index (χ0n) is 26.6. The van der Waals surface area contributed by atoms with Gasteiger partial charge in [0.25, 0.3) is 16.6 Å². The summed E-state index contributed by atoms with van der Waals surface area (Å²) in [5.41, 5.74) is 0.940. The molecular weight excluding hydrogens is 557 g/mol. The van der Waals surface area contributed by atoms with E-state index in [1.807, 2.05) is 0 Å². The molecule has 1 aliphatic carbocycles. The van der Waals surface area contributed by atoms with E-state index >= 15 is 0 Å². The first-order valence-electron chi connectivity index (χ1n) is 15.5. The third-order valence-electron chi connectivity index (χ3n) is 8.92. The minimum absolute atomic E-state index is 0.0416. The van der Waals surface area contributed by atoms with Gasteiger partial charge in [0.1, 0.15) is 0 Å². The predicted octanol–water partition coefficient (Wildman–Crippen LogP) is 7.31. The number of hydrogen-bond acceptors (Lipinski definition) is 2. The Balaban J connectivity index is 1.57. The van der Waals surface area contributed by atoms with Crippen LogP contribution >= 0.6 is 0 Å². The van der Waals surface area contributed by atoms with E-state index in [9.17, 15) is 0 Å². The van der Waals surface area contributed by atoms with Gasteiger partial charge in [0.15, 0.2) is 0 Å². The van der Waals surface area contributed by atoms with Crippen molar-refractivity contribution in [2.24, 2.45) is 0 Å². The second-order valence-corrected chi connectivity index (χ2v) is 22.3. The molecule has 2 atom stereocenters. The highest BCUT2D eigenvalue weighted by Gasteiger charge is 2.54. The molecule has 2 nitrogen and oxygen atoms in total. The molecule has 4 heteroatoms. The van der Waals surface area contributed by atoms with Gasteiger partial charge in [-0.25, -0.2) is 0 Å². The molecule has 0 bridgehead atoms. The number of rotatable bonds is 8. The molecule has 0 spiro atoms. The van der Waals surface area contributed by atoms with Gasteiger partial charge in [-0.05, 0) is 42.8 Å². The Bertz CT molecular complexity index is 1390. The standard InChI is InChI=1S/C39H46O2Si2/c1-31-28-29-32(40-42(38(2,3)4,33-20-12-8-13-21-33)34-22-14-9-15-23-34)30-37(31)41-43(39(5,6)7,35-24-16-10-17-25-35)36-26-18-11-19-27-36/h8-27,32,37H,1,29-30H2,2-7H3. The maximum Gasteiger partial charge on any atom is 0.261 e. The van der Waals surface area contributed by atoms with Crippen LogP contribution in [0.2, 0.25) is 10.1 Å². The molecule has 0 saturated heterocycles. The van der Waals surface area contributed by atoms with E-state index < -0.39 is 16.6 Å². The molecule has 0 N–H and O–H groups in total. The Labute approximate surface area is 262 Å². The van der Waals surface area contributed by atoms with Gasteiger partial charge in [-0.15, -0.1) is 0 Å². The van der Waals surface area contributed by atoms with Crippen LogP contribution in [0.5, 0.6) is 0 Å².